The van der Waals surface area contributed by atoms with Gasteiger partial charge in [0.25, 0.3) is 0 Å². The fourth-order valence-electron chi connectivity index (χ4n) is 4.49. The summed E-state index contributed by atoms with van der Waals surface area (Å²) in [6.07, 6.45) is 0. The van der Waals surface area contributed by atoms with Crippen molar-refractivity contribution in [1.29, 1.82) is 0 Å². The molecule has 0 aliphatic rings. The van der Waals surface area contributed by atoms with E-state index in [-0.39, 0.29) is 40.6 Å². The number of fused-ring (bicyclic) bond motifs is 7. The van der Waals surface area contributed by atoms with Gasteiger partial charge in [-0.3, -0.25) is 0 Å². The third kappa shape index (κ3) is 2.95. The van der Waals surface area contributed by atoms with Gasteiger partial charge in [-0.2, -0.15) is 0 Å². The van der Waals surface area contributed by atoms with E-state index in [4.69, 9.17) is 0 Å². The molecular weight excluding hydrogens is 636 g/mol. The molecule has 6 heterocycles. The van der Waals surface area contributed by atoms with E-state index in [0.29, 0.717) is 0 Å². The van der Waals surface area contributed by atoms with Crippen LogP contribution in [0, 0.1) is 11.6 Å². The molecule has 0 radical (unpaired) electrons. The van der Waals surface area contributed by atoms with E-state index in [0.717, 1.165) is 18.6 Å². The average Bonchev–Trinajstić information content (AvgIpc) is 3.63. The van der Waals surface area contributed by atoms with E-state index in [1.165, 1.54) is 49.7 Å². The Bertz CT molecular complexity index is 1910. The minimum atomic E-state index is -0.0762. The van der Waals surface area contributed by atoms with Gasteiger partial charge < -0.3 is 0 Å². The van der Waals surface area contributed by atoms with Gasteiger partial charge in [-0.15, -0.1) is 0 Å². The Morgan fingerprint density at radius 2 is 1.00 bits per heavy atom. The molecule has 34 heavy (non-hydrogen) atoms. The summed E-state index contributed by atoms with van der Waals surface area (Å²) in [5.74, 6) is -0.152. The Labute approximate surface area is 219 Å². The van der Waals surface area contributed by atoms with Crippen molar-refractivity contribution in [2.24, 2.45) is 0 Å². The monoisotopic (exact) mass is 648 g/mol. The maximum absolute atomic E-state index is 14.2. The maximum atomic E-state index is 14.2. The van der Waals surface area contributed by atoms with E-state index >= 15 is 0 Å². The van der Waals surface area contributed by atoms with E-state index in [9.17, 15) is 8.78 Å². The van der Waals surface area contributed by atoms with Crippen molar-refractivity contribution >= 4 is 124 Å². The summed E-state index contributed by atoms with van der Waals surface area (Å²) in [5, 5.41) is 4.98. The van der Waals surface area contributed by atoms with Gasteiger partial charge >= 0.3 is 222 Å². The quantitative estimate of drug-likeness (QED) is 0.164. The molecule has 164 valence electrons. The molecule has 0 nitrogen and oxygen atoms in total. The standard InChI is InChI=1S/C26H10F2S4Se2/c27-15-1-3-33-25(15)21-7-11-5-19-13(9-17(11)29-21)23-24(31-19)14-10-18-12(6-20(14)32-23)8-22(30-18)26-16(28)2-4-34-26/h1-10H. The van der Waals surface area contributed by atoms with Crippen LogP contribution in [0.1, 0.15) is 0 Å². The molecule has 0 fully saturated rings. The van der Waals surface area contributed by atoms with Crippen molar-refractivity contribution in [3.05, 3.63) is 70.0 Å². The fraction of sp³-hybridized carbons (Fsp3) is 0. The van der Waals surface area contributed by atoms with Crippen LogP contribution in [0.2, 0.25) is 0 Å². The number of thiophene rings is 4. The summed E-state index contributed by atoms with van der Waals surface area (Å²) < 4.78 is 37.7. The van der Waals surface area contributed by atoms with Gasteiger partial charge in [0.05, 0.1) is 0 Å². The van der Waals surface area contributed by atoms with E-state index in [1.54, 1.807) is 34.8 Å². The molecule has 8 heteroatoms. The zero-order valence-corrected chi connectivity index (χ0v) is 23.7. The molecule has 6 aromatic heterocycles. The van der Waals surface area contributed by atoms with E-state index in [2.05, 4.69) is 36.4 Å². The molecule has 0 saturated heterocycles. The Morgan fingerprint density at radius 3 is 1.41 bits per heavy atom. The van der Waals surface area contributed by atoms with Gasteiger partial charge in [0, 0.05) is 0 Å². The minimum absolute atomic E-state index is 0.0762. The average molecular weight is 647 g/mol. The van der Waals surface area contributed by atoms with Crippen molar-refractivity contribution < 1.29 is 8.78 Å². The molecule has 0 unspecified atom stereocenters. The third-order valence-corrected chi connectivity index (χ3v) is 15.2. The zero-order valence-electron chi connectivity index (χ0n) is 17.0. The summed E-state index contributed by atoms with van der Waals surface area (Å²) in [7, 11) is 0. The first-order chi connectivity index (χ1) is 16.6. The first kappa shape index (κ1) is 20.6. The van der Waals surface area contributed by atoms with Crippen LogP contribution in [0.3, 0.4) is 0 Å². The summed E-state index contributed by atoms with van der Waals surface area (Å²) >= 11 is 7.27. The number of hydrogen-bond donors (Lipinski definition) is 0. The third-order valence-electron chi connectivity index (χ3n) is 6.04. The molecule has 8 rings (SSSR count). The van der Waals surface area contributed by atoms with Crippen LogP contribution in [0.25, 0.3) is 68.4 Å². The van der Waals surface area contributed by atoms with E-state index < -0.39 is 0 Å². The molecule has 0 saturated carbocycles. The summed E-state index contributed by atoms with van der Waals surface area (Å²) in [4.78, 5) is 6.02. The second-order valence-corrected chi connectivity index (χ2v) is 16.2. The Kier molecular flexibility index (Phi) is 4.51. The first-order valence-corrected chi connectivity index (χ1v) is 17.3. The Morgan fingerprint density at radius 1 is 0.529 bits per heavy atom. The van der Waals surface area contributed by atoms with E-state index in [1.807, 2.05) is 32.6 Å². The summed E-state index contributed by atoms with van der Waals surface area (Å²) in [6, 6.07) is 16.6. The predicted molar refractivity (Wildman–Crippen MR) is 150 cm³/mol. The molecule has 0 N–H and O–H groups in total. The normalized spacial score (nSPS) is 12.4. The molecule has 0 atom stereocenters. The van der Waals surface area contributed by atoms with Crippen LogP contribution in [-0.2, 0) is 0 Å². The SMILES string of the molecule is Fc1cc[se]c1-c1cc2cc3sc4c5cc6sc(-c7[se]ccc7F)cc6cc5sc4c3cc2s1. The first-order valence-electron chi connectivity index (χ1n) is 10.3. The molecule has 0 aliphatic carbocycles. The van der Waals surface area contributed by atoms with Crippen LogP contribution in [0.15, 0.2) is 58.4 Å². The second kappa shape index (κ2) is 7.45. The van der Waals surface area contributed by atoms with Crippen molar-refractivity contribution in [3.63, 3.8) is 0 Å². The van der Waals surface area contributed by atoms with Gasteiger partial charge in [-0.25, -0.2) is 0 Å². The summed E-state index contributed by atoms with van der Waals surface area (Å²) in [6.45, 7) is 0. The number of benzene rings is 2. The van der Waals surface area contributed by atoms with Crippen LogP contribution in [-0.4, -0.2) is 29.0 Å². The van der Waals surface area contributed by atoms with Crippen molar-refractivity contribution in [2.75, 3.05) is 0 Å². The second-order valence-electron chi connectivity index (χ2n) is 8.05. The van der Waals surface area contributed by atoms with Gasteiger partial charge in [-0.1, -0.05) is 0 Å². The van der Waals surface area contributed by atoms with Gasteiger partial charge in [0.1, 0.15) is 0 Å². The van der Waals surface area contributed by atoms with Crippen LogP contribution in [0.4, 0.5) is 8.78 Å². The zero-order chi connectivity index (χ0) is 22.6. The predicted octanol–water partition coefficient (Wildman–Crippen LogP) is 9.42. The molecule has 8 aromatic rings. The van der Waals surface area contributed by atoms with Gasteiger partial charge in [-0.05, 0) is 0 Å². The molecule has 0 spiro atoms. The molecule has 0 aliphatic heterocycles. The van der Waals surface area contributed by atoms with Crippen molar-refractivity contribution in [2.45, 2.75) is 0 Å². The molecule has 2 aromatic carbocycles. The van der Waals surface area contributed by atoms with Gasteiger partial charge in [0.2, 0.25) is 0 Å². The number of rotatable bonds is 2. The van der Waals surface area contributed by atoms with Crippen molar-refractivity contribution in [3.8, 4) is 18.6 Å². The van der Waals surface area contributed by atoms with Crippen LogP contribution in [0.5, 0.6) is 0 Å². The van der Waals surface area contributed by atoms with Crippen LogP contribution >= 0.6 is 45.3 Å². The van der Waals surface area contributed by atoms with Gasteiger partial charge in [0.15, 0.2) is 0 Å². The molecule has 0 bridgehead atoms. The van der Waals surface area contributed by atoms with Crippen LogP contribution < -0.4 is 0 Å². The topological polar surface area (TPSA) is 0 Å². The Balaban J connectivity index is 1.33. The van der Waals surface area contributed by atoms with Crippen molar-refractivity contribution in [1.82, 2.24) is 0 Å². The summed E-state index contributed by atoms with van der Waals surface area (Å²) in [5.41, 5.74) is 0. The number of hydrogen-bond acceptors (Lipinski definition) is 4. The number of halogens is 2. The molecule has 0 amide bonds. The Hall–Kier alpha value is -1.60. The molecular formula is C26H10F2S4Se2. The fourth-order valence-corrected chi connectivity index (χ4v) is 13.1.